The van der Waals surface area contributed by atoms with E-state index in [1.807, 2.05) is 49.0 Å². The Bertz CT molecular complexity index is 1020. The predicted octanol–water partition coefficient (Wildman–Crippen LogP) is 4.12. The van der Waals surface area contributed by atoms with E-state index in [-0.39, 0.29) is 0 Å². The Morgan fingerprint density at radius 3 is 2.64 bits per heavy atom. The third-order valence-electron chi connectivity index (χ3n) is 3.94. The van der Waals surface area contributed by atoms with Gasteiger partial charge in [0.15, 0.2) is 5.82 Å². The number of aryl methyl sites for hydroxylation is 2. The van der Waals surface area contributed by atoms with Crippen LogP contribution in [0.5, 0.6) is 0 Å². The quantitative estimate of drug-likeness (QED) is 0.520. The van der Waals surface area contributed by atoms with Crippen molar-refractivity contribution in [2.24, 2.45) is 0 Å². The molecule has 0 saturated heterocycles. The van der Waals surface area contributed by atoms with Crippen molar-refractivity contribution in [3.63, 3.8) is 0 Å². The first-order valence-electron chi connectivity index (χ1n) is 8.03. The summed E-state index contributed by atoms with van der Waals surface area (Å²) >= 11 is 1.66. The number of hydrogen-bond donors (Lipinski definition) is 0. The Morgan fingerprint density at radius 1 is 1.00 bits per heavy atom. The van der Waals surface area contributed by atoms with E-state index in [9.17, 15) is 0 Å². The molecule has 0 atom stereocenters. The lowest BCUT2D eigenvalue weighted by atomic mass is 10.1. The number of pyridine rings is 1. The molecular formula is C19H17N5S. The summed E-state index contributed by atoms with van der Waals surface area (Å²) < 4.78 is 1.81. The smallest absolute Gasteiger partial charge is 0.175 e. The van der Waals surface area contributed by atoms with E-state index in [2.05, 4.69) is 44.5 Å². The maximum absolute atomic E-state index is 4.50. The summed E-state index contributed by atoms with van der Waals surface area (Å²) in [6.45, 7) is 3.98. The summed E-state index contributed by atoms with van der Waals surface area (Å²) in [5.41, 5.74) is 4.27. The van der Waals surface area contributed by atoms with Crippen molar-refractivity contribution >= 4 is 22.7 Å². The third kappa shape index (κ3) is 3.25. The molecule has 4 rings (SSSR count). The molecule has 0 spiro atoms. The van der Waals surface area contributed by atoms with Gasteiger partial charge in [-0.05, 0) is 43.7 Å². The Labute approximate surface area is 150 Å². The van der Waals surface area contributed by atoms with Crippen LogP contribution in [0.4, 0.5) is 0 Å². The van der Waals surface area contributed by atoms with Crippen LogP contribution in [0, 0.1) is 13.8 Å². The molecule has 0 aliphatic rings. The number of aromatic nitrogens is 5. The van der Waals surface area contributed by atoms with Gasteiger partial charge in [-0.3, -0.25) is 4.98 Å². The van der Waals surface area contributed by atoms with E-state index in [1.165, 1.54) is 5.56 Å². The fourth-order valence-corrected chi connectivity index (χ4v) is 3.60. The maximum Gasteiger partial charge on any atom is 0.175 e. The zero-order valence-corrected chi connectivity index (χ0v) is 14.9. The molecule has 124 valence electrons. The molecule has 0 unspecified atom stereocenters. The summed E-state index contributed by atoms with van der Waals surface area (Å²) in [5.74, 6) is 1.55. The van der Waals surface area contributed by atoms with E-state index in [1.54, 1.807) is 11.8 Å². The summed E-state index contributed by atoms with van der Waals surface area (Å²) in [5, 5.41) is 15.1. The molecule has 0 radical (unpaired) electrons. The summed E-state index contributed by atoms with van der Waals surface area (Å²) in [6.07, 6.45) is 1.83. The second-order valence-corrected chi connectivity index (χ2v) is 6.85. The van der Waals surface area contributed by atoms with Crippen molar-refractivity contribution in [2.45, 2.75) is 24.6 Å². The van der Waals surface area contributed by atoms with Crippen LogP contribution in [0.15, 0.2) is 59.8 Å². The zero-order chi connectivity index (χ0) is 17.2. The van der Waals surface area contributed by atoms with Crippen molar-refractivity contribution < 1.29 is 0 Å². The van der Waals surface area contributed by atoms with Crippen LogP contribution >= 0.6 is 11.8 Å². The highest BCUT2D eigenvalue weighted by molar-refractivity contribution is 7.98. The van der Waals surface area contributed by atoms with E-state index < -0.39 is 0 Å². The number of hydrogen-bond acceptors (Lipinski definition) is 5. The minimum Gasteiger partial charge on any atom is -0.256 e. The van der Waals surface area contributed by atoms with Gasteiger partial charge in [0, 0.05) is 23.0 Å². The molecule has 1 aromatic carbocycles. The molecule has 0 amide bonds. The molecule has 0 saturated carbocycles. The standard InChI is InChI=1S/C19H17N5S/c1-13-11-14(2)24(23-13)17-8-9-18(22-21-17)25-12-16-6-3-5-15-7-4-10-20-19(15)16/h3-11H,12H2,1-2H3. The molecule has 6 heteroatoms. The van der Waals surface area contributed by atoms with Gasteiger partial charge in [-0.15, -0.1) is 10.2 Å². The molecule has 25 heavy (non-hydrogen) atoms. The molecular weight excluding hydrogens is 330 g/mol. The van der Waals surface area contributed by atoms with Crippen molar-refractivity contribution in [3.05, 3.63) is 71.7 Å². The van der Waals surface area contributed by atoms with Crippen LogP contribution in [0.1, 0.15) is 17.0 Å². The van der Waals surface area contributed by atoms with E-state index >= 15 is 0 Å². The van der Waals surface area contributed by atoms with Gasteiger partial charge in [0.1, 0.15) is 5.03 Å². The Balaban J connectivity index is 1.52. The molecule has 0 bridgehead atoms. The second-order valence-electron chi connectivity index (χ2n) is 5.85. The van der Waals surface area contributed by atoms with Crippen molar-refractivity contribution in [1.82, 2.24) is 25.0 Å². The molecule has 0 aliphatic carbocycles. The van der Waals surface area contributed by atoms with Crippen LogP contribution < -0.4 is 0 Å². The van der Waals surface area contributed by atoms with Gasteiger partial charge in [0.05, 0.1) is 11.2 Å². The Morgan fingerprint density at radius 2 is 1.88 bits per heavy atom. The lowest BCUT2D eigenvalue weighted by Crippen LogP contribution is -2.03. The zero-order valence-electron chi connectivity index (χ0n) is 14.0. The van der Waals surface area contributed by atoms with Crippen LogP contribution in [-0.2, 0) is 5.75 Å². The maximum atomic E-state index is 4.50. The highest BCUT2D eigenvalue weighted by Gasteiger charge is 2.07. The number of para-hydroxylation sites is 1. The van der Waals surface area contributed by atoms with Crippen LogP contribution in [0.25, 0.3) is 16.7 Å². The van der Waals surface area contributed by atoms with Crippen molar-refractivity contribution in [1.29, 1.82) is 0 Å². The fourth-order valence-electron chi connectivity index (χ4n) is 2.80. The highest BCUT2D eigenvalue weighted by Crippen LogP contribution is 2.25. The number of benzene rings is 1. The van der Waals surface area contributed by atoms with Gasteiger partial charge in [-0.2, -0.15) is 5.10 Å². The molecule has 3 aromatic heterocycles. The number of fused-ring (bicyclic) bond motifs is 1. The number of rotatable bonds is 4. The monoisotopic (exact) mass is 347 g/mol. The normalized spacial score (nSPS) is 11.1. The Hall–Kier alpha value is -2.73. The largest absolute Gasteiger partial charge is 0.256 e. The molecule has 0 fully saturated rings. The molecule has 0 N–H and O–H groups in total. The van der Waals surface area contributed by atoms with E-state index in [0.717, 1.165) is 38.9 Å². The van der Waals surface area contributed by atoms with Gasteiger partial charge in [0.25, 0.3) is 0 Å². The second kappa shape index (κ2) is 6.64. The number of nitrogens with zero attached hydrogens (tertiary/aromatic N) is 5. The summed E-state index contributed by atoms with van der Waals surface area (Å²) in [4.78, 5) is 4.50. The summed E-state index contributed by atoms with van der Waals surface area (Å²) in [7, 11) is 0. The first kappa shape index (κ1) is 15.8. The minimum absolute atomic E-state index is 0.738. The summed E-state index contributed by atoms with van der Waals surface area (Å²) in [6, 6.07) is 16.3. The van der Waals surface area contributed by atoms with E-state index in [4.69, 9.17) is 0 Å². The van der Waals surface area contributed by atoms with Gasteiger partial charge < -0.3 is 0 Å². The lowest BCUT2D eigenvalue weighted by molar-refractivity contribution is 0.765. The van der Waals surface area contributed by atoms with Gasteiger partial charge >= 0.3 is 0 Å². The van der Waals surface area contributed by atoms with Gasteiger partial charge in [0.2, 0.25) is 0 Å². The van der Waals surface area contributed by atoms with Gasteiger partial charge in [-0.1, -0.05) is 36.0 Å². The Kier molecular flexibility index (Phi) is 4.19. The van der Waals surface area contributed by atoms with Crippen LogP contribution in [-0.4, -0.2) is 25.0 Å². The first-order valence-corrected chi connectivity index (χ1v) is 9.02. The topological polar surface area (TPSA) is 56.5 Å². The third-order valence-corrected chi connectivity index (χ3v) is 4.91. The van der Waals surface area contributed by atoms with Crippen LogP contribution in [0.2, 0.25) is 0 Å². The molecule has 0 aliphatic heterocycles. The van der Waals surface area contributed by atoms with Crippen molar-refractivity contribution in [3.8, 4) is 5.82 Å². The lowest BCUT2D eigenvalue weighted by Gasteiger charge is -2.06. The predicted molar refractivity (Wildman–Crippen MR) is 99.9 cm³/mol. The molecule has 3 heterocycles. The number of thioether (sulfide) groups is 1. The highest BCUT2D eigenvalue weighted by atomic mass is 32.2. The first-order chi connectivity index (χ1) is 12.2. The molecule has 5 nitrogen and oxygen atoms in total. The van der Waals surface area contributed by atoms with Gasteiger partial charge in [-0.25, -0.2) is 4.68 Å². The average molecular weight is 347 g/mol. The van der Waals surface area contributed by atoms with Crippen LogP contribution in [0.3, 0.4) is 0 Å². The average Bonchev–Trinajstić information content (AvgIpc) is 2.98. The van der Waals surface area contributed by atoms with Crippen molar-refractivity contribution in [2.75, 3.05) is 0 Å². The molecule has 4 aromatic rings. The SMILES string of the molecule is Cc1cc(C)n(-c2ccc(SCc3cccc4cccnc34)nn2)n1. The fraction of sp³-hybridized carbons (Fsp3) is 0.158. The minimum atomic E-state index is 0.738. The van der Waals surface area contributed by atoms with E-state index in [0.29, 0.717) is 0 Å².